The monoisotopic (exact) mass is 455 g/mol. The zero-order valence-corrected chi connectivity index (χ0v) is 18.6. The normalized spacial score (nSPS) is 24.9. The summed E-state index contributed by atoms with van der Waals surface area (Å²) in [6.07, 6.45) is 3.49. The van der Waals surface area contributed by atoms with E-state index in [4.69, 9.17) is 4.74 Å². The molecule has 0 bridgehead atoms. The van der Waals surface area contributed by atoms with Crippen LogP contribution in [0.5, 0.6) is 0 Å². The molecule has 1 aromatic heterocycles. The van der Waals surface area contributed by atoms with Crippen LogP contribution in [0.1, 0.15) is 29.2 Å². The van der Waals surface area contributed by atoms with Crippen LogP contribution in [0.25, 0.3) is 0 Å². The molecule has 3 aromatic rings. The fourth-order valence-electron chi connectivity index (χ4n) is 5.63. The minimum absolute atomic E-state index is 0.0114. The Hall–Kier alpha value is -2.55. The highest BCUT2D eigenvalue weighted by Gasteiger charge is 2.59. The van der Waals surface area contributed by atoms with E-state index in [9.17, 15) is 12.8 Å². The van der Waals surface area contributed by atoms with Gasteiger partial charge in [0.05, 0.1) is 11.1 Å². The smallest absolute Gasteiger partial charge is 0.213 e. The fraction of sp³-hybridized carbons (Fsp3) is 0.375. The second kappa shape index (κ2) is 8.10. The molecule has 2 aromatic carbocycles. The number of methoxy groups -OCH3 is 1. The number of piperidine rings is 1. The standard InChI is InChI=1S/C24H26FN3O3S/c1-31-24(17-7-9-18(25)10-8-17,32(29,30)19-5-3-2-4-6-19)23-20-14-26-12-11-16(20)13-22-21(23)15-27-28-22/h2-10,15-16,20,23,26H,11-14H2,1H3,(H,27,28)/t16-,20+,23?,24?/m0/s1. The van der Waals surface area contributed by atoms with Crippen molar-refractivity contribution < 1.29 is 17.5 Å². The Morgan fingerprint density at radius 3 is 2.59 bits per heavy atom. The third-order valence-electron chi connectivity index (χ3n) is 7.07. The van der Waals surface area contributed by atoms with Gasteiger partial charge in [0.1, 0.15) is 5.82 Å². The van der Waals surface area contributed by atoms with E-state index in [1.54, 1.807) is 36.5 Å². The topological polar surface area (TPSA) is 84.1 Å². The molecule has 0 radical (unpaired) electrons. The number of hydrogen-bond acceptors (Lipinski definition) is 5. The van der Waals surface area contributed by atoms with Gasteiger partial charge in [0.15, 0.2) is 0 Å². The number of nitrogens with one attached hydrogen (secondary N) is 2. The van der Waals surface area contributed by atoms with Gasteiger partial charge < -0.3 is 10.1 Å². The van der Waals surface area contributed by atoms with Crippen molar-refractivity contribution in [3.05, 3.63) is 83.4 Å². The van der Waals surface area contributed by atoms with E-state index >= 15 is 0 Å². The van der Waals surface area contributed by atoms with Gasteiger partial charge in [-0.05, 0) is 62.0 Å². The molecule has 168 valence electrons. The van der Waals surface area contributed by atoms with Crippen LogP contribution in [0.4, 0.5) is 4.39 Å². The summed E-state index contributed by atoms with van der Waals surface area (Å²) >= 11 is 0. The second-order valence-corrected chi connectivity index (χ2v) is 10.7. The van der Waals surface area contributed by atoms with Crippen molar-refractivity contribution >= 4 is 9.84 Å². The highest BCUT2D eigenvalue weighted by atomic mass is 32.2. The number of sulfone groups is 1. The SMILES string of the molecule is COC(c1ccc(F)cc1)(C1c2cn[nH]c2C[C@@H]2CCNC[C@@H]12)S(=O)(=O)c1ccccc1. The second-order valence-electron chi connectivity index (χ2n) is 8.60. The molecule has 6 nitrogen and oxygen atoms in total. The quantitative estimate of drug-likeness (QED) is 0.616. The molecule has 0 saturated carbocycles. The highest BCUT2D eigenvalue weighted by molar-refractivity contribution is 7.92. The average Bonchev–Trinajstić information content (AvgIpc) is 3.29. The zero-order chi connectivity index (χ0) is 22.3. The number of halogens is 1. The van der Waals surface area contributed by atoms with E-state index in [2.05, 4.69) is 15.5 Å². The first kappa shape index (κ1) is 21.3. The third-order valence-corrected chi connectivity index (χ3v) is 9.42. The molecule has 8 heteroatoms. The minimum atomic E-state index is -4.06. The molecule has 2 heterocycles. The van der Waals surface area contributed by atoms with Crippen LogP contribution in [0.15, 0.2) is 65.7 Å². The summed E-state index contributed by atoms with van der Waals surface area (Å²) in [5, 5.41) is 10.8. The van der Waals surface area contributed by atoms with Crippen LogP contribution in [0.3, 0.4) is 0 Å². The largest absolute Gasteiger partial charge is 0.357 e. The van der Waals surface area contributed by atoms with Crippen molar-refractivity contribution in [1.82, 2.24) is 15.5 Å². The Kier molecular flexibility index (Phi) is 5.39. The van der Waals surface area contributed by atoms with E-state index in [1.807, 2.05) is 0 Å². The Bertz CT molecular complexity index is 1200. The lowest BCUT2D eigenvalue weighted by Crippen LogP contribution is -2.53. The van der Waals surface area contributed by atoms with Crippen molar-refractivity contribution in [2.24, 2.45) is 11.8 Å². The average molecular weight is 456 g/mol. The number of aromatic nitrogens is 2. The predicted octanol–water partition coefficient (Wildman–Crippen LogP) is 3.39. The van der Waals surface area contributed by atoms with Crippen LogP contribution in [0, 0.1) is 17.7 Å². The molecule has 32 heavy (non-hydrogen) atoms. The first-order valence-electron chi connectivity index (χ1n) is 10.8. The summed E-state index contributed by atoms with van der Waals surface area (Å²) in [6, 6.07) is 14.0. The number of ether oxygens (including phenoxy) is 1. The maximum absolute atomic E-state index is 14.4. The van der Waals surface area contributed by atoms with E-state index in [0.717, 1.165) is 30.6 Å². The fourth-order valence-corrected chi connectivity index (χ4v) is 7.79. The summed E-state index contributed by atoms with van der Waals surface area (Å²) in [7, 11) is -2.63. The molecular formula is C24H26FN3O3S. The van der Waals surface area contributed by atoms with E-state index in [0.29, 0.717) is 12.1 Å². The number of benzene rings is 2. The van der Waals surface area contributed by atoms with Gasteiger partial charge in [0.2, 0.25) is 14.8 Å². The lowest BCUT2D eigenvalue weighted by molar-refractivity contribution is -0.00405. The predicted molar refractivity (Wildman–Crippen MR) is 118 cm³/mol. The van der Waals surface area contributed by atoms with Crippen LogP contribution in [-0.4, -0.2) is 38.8 Å². The van der Waals surface area contributed by atoms with Gasteiger partial charge in [-0.25, -0.2) is 12.8 Å². The van der Waals surface area contributed by atoms with Crippen molar-refractivity contribution in [2.45, 2.75) is 28.6 Å². The molecule has 1 saturated heterocycles. The van der Waals surface area contributed by atoms with Crippen molar-refractivity contribution in [2.75, 3.05) is 20.2 Å². The van der Waals surface area contributed by atoms with Gasteiger partial charge >= 0.3 is 0 Å². The zero-order valence-electron chi connectivity index (χ0n) is 17.8. The van der Waals surface area contributed by atoms with Crippen LogP contribution in [0.2, 0.25) is 0 Å². The highest BCUT2D eigenvalue weighted by Crippen LogP contribution is 2.55. The molecule has 2 unspecified atom stereocenters. The lowest BCUT2D eigenvalue weighted by atomic mass is 9.65. The molecular weight excluding hydrogens is 429 g/mol. The molecule has 1 aliphatic carbocycles. The molecule has 5 rings (SSSR count). The Morgan fingerprint density at radius 1 is 1.12 bits per heavy atom. The number of H-pyrrole nitrogens is 1. The maximum atomic E-state index is 14.4. The number of nitrogens with zero attached hydrogens (tertiary/aromatic N) is 1. The van der Waals surface area contributed by atoms with Gasteiger partial charge in [0, 0.05) is 29.8 Å². The van der Waals surface area contributed by atoms with Crippen molar-refractivity contribution in [3.8, 4) is 0 Å². The first-order valence-corrected chi connectivity index (χ1v) is 12.3. The van der Waals surface area contributed by atoms with E-state index in [1.165, 1.54) is 31.4 Å². The van der Waals surface area contributed by atoms with Gasteiger partial charge in [-0.15, -0.1) is 0 Å². The van der Waals surface area contributed by atoms with Gasteiger partial charge in [0.25, 0.3) is 0 Å². The third kappa shape index (κ3) is 3.12. The summed E-state index contributed by atoms with van der Waals surface area (Å²) in [4.78, 5) is -1.58. The Labute approximate surface area is 187 Å². The van der Waals surface area contributed by atoms with Crippen molar-refractivity contribution in [3.63, 3.8) is 0 Å². The van der Waals surface area contributed by atoms with Crippen LogP contribution >= 0.6 is 0 Å². The van der Waals surface area contributed by atoms with E-state index < -0.39 is 26.5 Å². The van der Waals surface area contributed by atoms with Gasteiger partial charge in [-0.2, -0.15) is 5.10 Å². The first-order chi connectivity index (χ1) is 15.5. The molecule has 4 atom stereocenters. The van der Waals surface area contributed by atoms with Crippen LogP contribution in [-0.2, 0) is 25.9 Å². The summed E-state index contributed by atoms with van der Waals surface area (Å²) in [6.45, 7) is 1.57. The Balaban J connectivity index is 1.81. The molecule has 1 aliphatic heterocycles. The molecule has 0 spiro atoms. The molecule has 1 fully saturated rings. The summed E-state index contributed by atoms with van der Waals surface area (Å²) < 4.78 is 48.8. The summed E-state index contributed by atoms with van der Waals surface area (Å²) in [5.74, 6) is -0.656. The molecule has 2 aliphatic rings. The maximum Gasteiger partial charge on any atom is 0.213 e. The Morgan fingerprint density at radius 2 is 1.88 bits per heavy atom. The lowest BCUT2D eigenvalue weighted by Gasteiger charge is -2.49. The number of aromatic amines is 1. The number of fused-ring (bicyclic) bond motifs is 2. The van der Waals surface area contributed by atoms with Gasteiger partial charge in [-0.3, -0.25) is 5.10 Å². The minimum Gasteiger partial charge on any atom is -0.357 e. The van der Waals surface area contributed by atoms with Gasteiger partial charge in [-0.1, -0.05) is 30.3 Å². The number of rotatable bonds is 5. The van der Waals surface area contributed by atoms with E-state index in [-0.39, 0.29) is 16.7 Å². The van der Waals surface area contributed by atoms with Crippen molar-refractivity contribution in [1.29, 1.82) is 0 Å². The summed E-state index contributed by atoms with van der Waals surface area (Å²) in [5.41, 5.74) is 2.21. The van der Waals surface area contributed by atoms with Crippen LogP contribution < -0.4 is 5.32 Å². The molecule has 0 amide bonds. The molecule has 2 N–H and O–H groups in total. The number of hydrogen-bond donors (Lipinski definition) is 2.